The molecule has 1 saturated heterocycles. The van der Waals surface area contributed by atoms with E-state index in [2.05, 4.69) is 18.7 Å². The minimum atomic E-state index is 0.584. The molecule has 2 atom stereocenters. The molecule has 0 amide bonds. The number of piperidine rings is 1. The van der Waals surface area contributed by atoms with Gasteiger partial charge in [-0.3, -0.25) is 0 Å². The highest BCUT2D eigenvalue weighted by atomic mass is 15.2. The molecule has 2 rings (SSSR count). The van der Waals surface area contributed by atoms with Gasteiger partial charge in [0.05, 0.1) is 0 Å². The molecule has 0 aromatic heterocycles. The van der Waals surface area contributed by atoms with Crippen LogP contribution in [0.2, 0.25) is 0 Å². The number of nitrogens with zero attached hydrogens (tertiary/aromatic N) is 1. The third kappa shape index (κ3) is 2.73. The van der Waals surface area contributed by atoms with Crippen LogP contribution in [0.4, 0.5) is 0 Å². The maximum atomic E-state index is 5.79. The largest absolute Gasteiger partial charge is 0.330 e. The van der Waals surface area contributed by atoms with Gasteiger partial charge in [0.25, 0.3) is 0 Å². The van der Waals surface area contributed by atoms with Crippen LogP contribution in [0.3, 0.4) is 0 Å². The third-order valence-corrected chi connectivity index (χ3v) is 4.34. The Hall–Kier alpha value is -0.0800. The summed E-state index contributed by atoms with van der Waals surface area (Å²) in [5, 5.41) is 0. The molecule has 2 unspecified atom stereocenters. The lowest BCUT2D eigenvalue weighted by atomic mass is 9.91. The third-order valence-electron chi connectivity index (χ3n) is 4.34. The van der Waals surface area contributed by atoms with Crippen LogP contribution in [-0.2, 0) is 0 Å². The van der Waals surface area contributed by atoms with Crippen LogP contribution < -0.4 is 5.73 Å². The summed E-state index contributed by atoms with van der Waals surface area (Å²) in [4.78, 5) is 2.72. The average Bonchev–Trinajstić information content (AvgIpc) is 2.59. The second-order valence-corrected chi connectivity index (χ2v) is 6.30. The molecule has 0 spiro atoms. The summed E-state index contributed by atoms with van der Waals surface area (Å²) in [5.74, 6) is 0.766. The molecule has 15 heavy (non-hydrogen) atoms. The number of likely N-dealkylation sites (tertiary alicyclic amines) is 1. The first-order chi connectivity index (χ1) is 7.11. The topological polar surface area (TPSA) is 29.3 Å². The van der Waals surface area contributed by atoms with E-state index in [4.69, 9.17) is 5.73 Å². The zero-order valence-electron chi connectivity index (χ0n) is 10.3. The van der Waals surface area contributed by atoms with Crippen molar-refractivity contribution in [2.24, 2.45) is 17.1 Å². The van der Waals surface area contributed by atoms with E-state index >= 15 is 0 Å². The zero-order valence-corrected chi connectivity index (χ0v) is 10.3. The second-order valence-electron chi connectivity index (χ2n) is 6.30. The lowest BCUT2D eigenvalue weighted by Crippen LogP contribution is -2.43. The molecule has 2 aliphatic rings. The van der Waals surface area contributed by atoms with Crippen molar-refractivity contribution in [3.63, 3.8) is 0 Å². The van der Waals surface area contributed by atoms with Gasteiger partial charge in [0, 0.05) is 12.6 Å². The maximum Gasteiger partial charge on any atom is 0.0101 e. The van der Waals surface area contributed by atoms with E-state index in [-0.39, 0.29) is 0 Å². The molecule has 2 fully saturated rings. The summed E-state index contributed by atoms with van der Waals surface area (Å²) in [6, 6.07) is 0.856. The molecule has 2 N–H and O–H groups in total. The SMILES string of the molecule is CC1(C)CCC(N2CCCC(CN)C2)C1. The lowest BCUT2D eigenvalue weighted by Gasteiger charge is -2.37. The van der Waals surface area contributed by atoms with E-state index < -0.39 is 0 Å². The van der Waals surface area contributed by atoms with Gasteiger partial charge in [0.15, 0.2) is 0 Å². The lowest BCUT2D eigenvalue weighted by molar-refractivity contribution is 0.121. The molecule has 1 saturated carbocycles. The highest BCUT2D eigenvalue weighted by molar-refractivity contribution is 4.90. The van der Waals surface area contributed by atoms with Gasteiger partial charge in [-0.2, -0.15) is 0 Å². The van der Waals surface area contributed by atoms with Gasteiger partial charge >= 0.3 is 0 Å². The average molecular weight is 210 g/mol. The summed E-state index contributed by atoms with van der Waals surface area (Å²) in [6.45, 7) is 8.29. The maximum absolute atomic E-state index is 5.79. The Morgan fingerprint density at radius 2 is 2.13 bits per heavy atom. The van der Waals surface area contributed by atoms with Gasteiger partial charge < -0.3 is 10.6 Å². The van der Waals surface area contributed by atoms with Crippen molar-refractivity contribution in [3.8, 4) is 0 Å². The fourth-order valence-corrected chi connectivity index (χ4v) is 3.33. The minimum absolute atomic E-state index is 0.584. The van der Waals surface area contributed by atoms with Crippen LogP contribution >= 0.6 is 0 Å². The Kier molecular flexibility index (Phi) is 3.36. The Bertz CT molecular complexity index is 213. The Labute approximate surface area is 94.2 Å². The first-order valence-corrected chi connectivity index (χ1v) is 6.55. The molecule has 1 aliphatic carbocycles. The van der Waals surface area contributed by atoms with Crippen LogP contribution in [0.5, 0.6) is 0 Å². The van der Waals surface area contributed by atoms with E-state index in [9.17, 15) is 0 Å². The molecule has 0 aromatic rings. The van der Waals surface area contributed by atoms with E-state index in [0.29, 0.717) is 5.41 Å². The number of rotatable bonds is 2. The zero-order chi connectivity index (χ0) is 10.9. The normalized spacial score (nSPS) is 37.0. The smallest absolute Gasteiger partial charge is 0.0101 e. The van der Waals surface area contributed by atoms with E-state index in [1.54, 1.807) is 0 Å². The monoisotopic (exact) mass is 210 g/mol. The standard InChI is InChI=1S/C13H26N2/c1-13(2)6-5-12(8-13)15-7-3-4-11(9-14)10-15/h11-12H,3-10,14H2,1-2H3. The van der Waals surface area contributed by atoms with Gasteiger partial charge in [-0.05, 0) is 56.5 Å². The fourth-order valence-electron chi connectivity index (χ4n) is 3.33. The summed E-state index contributed by atoms with van der Waals surface area (Å²) in [5.41, 5.74) is 6.37. The van der Waals surface area contributed by atoms with Crippen molar-refractivity contribution >= 4 is 0 Å². The summed E-state index contributed by atoms with van der Waals surface area (Å²) < 4.78 is 0. The molecule has 0 radical (unpaired) electrons. The summed E-state index contributed by atoms with van der Waals surface area (Å²) in [7, 11) is 0. The first kappa shape index (κ1) is 11.4. The summed E-state index contributed by atoms with van der Waals surface area (Å²) in [6.07, 6.45) is 6.91. The van der Waals surface area contributed by atoms with E-state index in [1.807, 2.05) is 0 Å². The van der Waals surface area contributed by atoms with Crippen LogP contribution in [-0.4, -0.2) is 30.6 Å². The fraction of sp³-hybridized carbons (Fsp3) is 1.00. The van der Waals surface area contributed by atoms with Crippen LogP contribution in [0.25, 0.3) is 0 Å². The summed E-state index contributed by atoms with van der Waals surface area (Å²) >= 11 is 0. The van der Waals surface area contributed by atoms with Crippen LogP contribution in [0.1, 0.15) is 46.0 Å². The van der Waals surface area contributed by atoms with Crippen LogP contribution in [0.15, 0.2) is 0 Å². The molecule has 1 heterocycles. The first-order valence-electron chi connectivity index (χ1n) is 6.55. The van der Waals surface area contributed by atoms with Crippen molar-refractivity contribution in [1.29, 1.82) is 0 Å². The quantitative estimate of drug-likeness (QED) is 0.757. The van der Waals surface area contributed by atoms with E-state index in [0.717, 1.165) is 18.5 Å². The van der Waals surface area contributed by atoms with Crippen molar-refractivity contribution in [1.82, 2.24) is 4.90 Å². The van der Waals surface area contributed by atoms with Gasteiger partial charge in [-0.25, -0.2) is 0 Å². The number of hydrogen-bond acceptors (Lipinski definition) is 2. The number of nitrogens with two attached hydrogens (primary N) is 1. The molecule has 2 heteroatoms. The van der Waals surface area contributed by atoms with Gasteiger partial charge in [-0.15, -0.1) is 0 Å². The molecule has 0 bridgehead atoms. The molecule has 1 aliphatic heterocycles. The predicted octanol–water partition coefficient (Wildman–Crippen LogP) is 2.24. The minimum Gasteiger partial charge on any atom is -0.330 e. The Morgan fingerprint density at radius 3 is 2.73 bits per heavy atom. The van der Waals surface area contributed by atoms with Crippen molar-refractivity contribution in [3.05, 3.63) is 0 Å². The molecule has 0 aromatic carbocycles. The van der Waals surface area contributed by atoms with Crippen molar-refractivity contribution in [2.45, 2.75) is 52.0 Å². The van der Waals surface area contributed by atoms with E-state index in [1.165, 1.54) is 45.2 Å². The van der Waals surface area contributed by atoms with Gasteiger partial charge in [0.1, 0.15) is 0 Å². The highest BCUT2D eigenvalue weighted by Crippen LogP contribution is 2.40. The van der Waals surface area contributed by atoms with Gasteiger partial charge in [-0.1, -0.05) is 13.8 Å². The second kappa shape index (κ2) is 4.42. The Balaban J connectivity index is 1.88. The highest BCUT2D eigenvalue weighted by Gasteiger charge is 2.35. The molecule has 88 valence electrons. The predicted molar refractivity (Wildman–Crippen MR) is 64.8 cm³/mol. The molecule has 2 nitrogen and oxygen atoms in total. The van der Waals surface area contributed by atoms with Crippen LogP contribution in [0, 0.1) is 11.3 Å². The number of hydrogen-bond donors (Lipinski definition) is 1. The molecular weight excluding hydrogens is 184 g/mol. The van der Waals surface area contributed by atoms with Crippen molar-refractivity contribution < 1.29 is 0 Å². The molecular formula is C13H26N2. The Morgan fingerprint density at radius 1 is 1.33 bits per heavy atom. The van der Waals surface area contributed by atoms with Crippen molar-refractivity contribution in [2.75, 3.05) is 19.6 Å². The van der Waals surface area contributed by atoms with Gasteiger partial charge in [0.2, 0.25) is 0 Å².